The van der Waals surface area contributed by atoms with Crippen LogP contribution in [0.5, 0.6) is 0 Å². The molecule has 0 aliphatic rings. The molecule has 0 unspecified atom stereocenters. The van der Waals surface area contributed by atoms with Gasteiger partial charge in [0, 0.05) is 10.9 Å². The molecule has 0 amide bonds. The minimum absolute atomic E-state index is 0.978. The zero-order valence-corrected chi connectivity index (χ0v) is 19.2. The van der Waals surface area contributed by atoms with Crippen LogP contribution < -0.4 is 0 Å². The molecule has 1 aromatic heterocycles. The highest BCUT2D eigenvalue weighted by Gasteiger charge is 2.12. The van der Waals surface area contributed by atoms with Gasteiger partial charge in [0.15, 0.2) is 0 Å². The maximum atomic E-state index is 4.85. The van der Waals surface area contributed by atoms with Crippen LogP contribution in [0.15, 0.2) is 73.8 Å². The van der Waals surface area contributed by atoms with E-state index in [9.17, 15) is 0 Å². The van der Waals surface area contributed by atoms with E-state index in [1.54, 1.807) is 0 Å². The first-order chi connectivity index (χ1) is 14.6. The van der Waals surface area contributed by atoms with Crippen LogP contribution in [0.3, 0.4) is 0 Å². The first kappa shape index (κ1) is 23.1. The molecule has 0 saturated carbocycles. The van der Waals surface area contributed by atoms with Gasteiger partial charge in [-0.15, -0.1) is 0 Å². The van der Waals surface area contributed by atoms with Crippen LogP contribution in [-0.2, 0) is 0 Å². The largest absolute Gasteiger partial charge is 0.248 e. The highest BCUT2D eigenvalue weighted by molar-refractivity contribution is 6.02. The Morgan fingerprint density at radius 2 is 1.53 bits per heavy atom. The Kier molecular flexibility index (Phi) is 8.12. The fraction of sp³-hybridized carbons (Fsp3) is 0.207. The zero-order chi connectivity index (χ0) is 22.3. The van der Waals surface area contributed by atoms with E-state index in [1.807, 2.05) is 45.9 Å². The summed E-state index contributed by atoms with van der Waals surface area (Å²) < 4.78 is 0. The van der Waals surface area contributed by atoms with Crippen molar-refractivity contribution in [1.82, 2.24) is 4.98 Å². The first-order valence-corrected chi connectivity index (χ1v) is 10.8. The van der Waals surface area contributed by atoms with Gasteiger partial charge in [-0.1, -0.05) is 88.9 Å². The Hall–Kier alpha value is -3.19. The molecule has 0 saturated heterocycles. The smallest absolute Gasteiger partial charge is 0.0710 e. The fourth-order valence-corrected chi connectivity index (χ4v) is 3.69. The topological polar surface area (TPSA) is 12.9 Å². The van der Waals surface area contributed by atoms with E-state index < -0.39 is 0 Å². The van der Waals surface area contributed by atoms with E-state index in [0.717, 1.165) is 33.3 Å². The van der Waals surface area contributed by atoms with Crippen molar-refractivity contribution in [2.45, 2.75) is 41.5 Å². The van der Waals surface area contributed by atoms with E-state index in [1.165, 1.54) is 21.9 Å². The van der Waals surface area contributed by atoms with Crippen LogP contribution in [-0.4, -0.2) is 4.98 Å². The van der Waals surface area contributed by atoms with Crippen LogP contribution >= 0.6 is 0 Å². The third-order valence-corrected chi connectivity index (χ3v) is 4.90. The molecule has 0 aliphatic carbocycles. The molecule has 3 aromatic carbocycles. The number of hydrogen-bond acceptors (Lipinski definition) is 1. The molecular formula is C29H33N. The van der Waals surface area contributed by atoms with E-state index in [2.05, 4.69) is 75.5 Å². The molecule has 1 heteroatoms. The van der Waals surface area contributed by atoms with Gasteiger partial charge in [-0.05, 0) is 65.6 Å². The Bertz CT molecular complexity index is 1180. The molecule has 4 rings (SSSR count). The van der Waals surface area contributed by atoms with Crippen molar-refractivity contribution in [3.8, 4) is 11.3 Å². The first-order valence-electron chi connectivity index (χ1n) is 10.8. The van der Waals surface area contributed by atoms with Crippen LogP contribution in [0.25, 0.3) is 44.6 Å². The van der Waals surface area contributed by atoms with Crippen LogP contribution in [0.2, 0.25) is 0 Å². The molecule has 1 heterocycles. The SMILES string of the molecule is C=Cc1cc(-c2ccc3ccccc3n2)cc2ccc(C)c(C(=C)C)c12.CC.CC. The molecule has 0 atom stereocenters. The third kappa shape index (κ3) is 4.52. The molecule has 154 valence electrons. The molecule has 0 radical (unpaired) electrons. The number of nitrogens with zero attached hydrogens (tertiary/aromatic N) is 1. The highest BCUT2D eigenvalue weighted by atomic mass is 14.7. The highest BCUT2D eigenvalue weighted by Crippen LogP contribution is 2.34. The quantitative estimate of drug-likeness (QED) is 0.337. The molecule has 0 N–H and O–H groups in total. The number of aromatic nitrogens is 1. The lowest BCUT2D eigenvalue weighted by molar-refractivity contribution is 1.40. The fourth-order valence-electron chi connectivity index (χ4n) is 3.69. The summed E-state index contributed by atoms with van der Waals surface area (Å²) in [5, 5.41) is 3.56. The second-order valence-corrected chi connectivity index (χ2v) is 6.79. The lowest BCUT2D eigenvalue weighted by Crippen LogP contribution is -1.93. The molecule has 0 spiro atoms. The van der Waals surface area contributed by atoms with Gasteiger partial charge >= 0.3 is 0 Å². The van der Waals surface area contributed by atoms with Crippen LogP contribution in [0.1, 0.15) is 51.3 Å². The zero-order valence-electron chi connectivity index (χ0n) is 19.2. The summed E-state index contributed by atoms with van der Waals surface area (Å²) in [7, 11) is 0. The molecule has 0 bridgehead atoms. The van der Waals surface area contributed by atoms with Gasteiger partial charge in [-0.3, -0.25) is 0 Å². The van der Waals surface area contributed by atoms with Crippen molar-refractivity contribution < 1.29 is 0 Å². The summed E-state index contributed by atoms with van der Waals surface area (Å²) in [6.07, 6.45) is 1.93. The molecule has 4 aromatic rings. The third-order valence-electron chi connectivity index (χ3n) is 4.90. The lowest BCUT2D eigenvalue weighted by Gasteiger charge is -2.15. The number of fused-ring (bicyclic) bond motifs is 2. The number of para-hydroxylation sites is 1. The molecule has 0 aliphatic heterocycles. The number of pyridine rings is 1. The predicted octanol–water partition coefficient (Wildman–Crippen LogP) is 9.09. The second-order valence-electron chi connectivity index (χ2n) is 6.79. The Morgan fingerprint density at radius 3 is 2.20 bits per heavy atom. The number of rotatable bonds is 3. The van der Waals surface area contributed by atoms with Gasteiger partial charge in [0.1, 0.15) is 0 Å². The normalized spacial score (nSPS) is 9.93. The summed E-state index contributed by atoms with van der Waals surface area (Å²) in [4.78, 5) is 4.85. The van der Waals surface area contributed by atoms with Gasteiger partial charge in [-0.2, -0.15) is 0 Å². The number of allylic oxidation sites excluding steroid dienone is 1. The number of aryl methyl sites for hydroxylation is 1. The maximum absolute atomic E-state index is 4.85. The van der Waals surface area contributed by atoms with E-state index in [-0.39, 0.29) is 0 Å². The average molecular weight is 396 g/mol. The standard InChI is InChI=1S/C25H21N.2C2H6/c1-5-18-14-21(23-13-12-19-8-6-7-9-22(19)26-23)15-20-11-10-17(4)24(16(2)3)25(18)20;2*1-2/h5-15H,1-2H2,3-4H3;2*1-2H3. The van der Waals surface area contributed by atoms with Crippen molar-refractivity contribution in [3.05, 3.63) is 90.5 Å². The van der Waals surface area contributed by atoms with Crippen molar-refractivity contribution in [2.24, 2.45) is 0 Å². The maximum Gasteiger partial charge on any atom is 0.0710 e. The van der Waals surface area contributed by atoms with Crippen LogP contribution in [0.4, 0.5) is 0 Å². The molecule has 0 fully saturated rings. The van der Waals surface area contributed by atoms with Crippen molar-refractivity contribution in [3.63, 3.8) is 0 Å². The summed E-state index contributed by atoms with van der Waals surface area (Å²) in [6.45, 7) is 20.4. The van der Waals surface area contributed by atoms with E-state index >= 15 is 0 Å². The Morgan fingerprint density at radius 1 is 0.867 bits per heavy atom. The van der Waals surface area contributed by atoms with Gasteiger partial charge in [-0.25, -0.2) is 4.98 Å². The van der Waals surface area contributed by atoms with Gasteiger partial charge in [0.2, 0.25) is 0 Å². The summed E-state index contributed by atoms with van der Waals surface area (Å²) in [5.41, 5.74) is 7.75. The summed E-state index contributed by atoms with van der Waals surface area (Å²) in [5.74, 6) is 0. The predicted molar refractivity (Wildman–Crippen MR) is 137 cm³/mol. The molecule has 30 heavy (non-hydrogen) atoms. The second kappa shape index (κ2) is 10.5. The lowest BCUT2D eigenvalue weighted by atomic mass is 9.90. The number of hydrogen-bond donors (Lipinski definition) is 0. The minimum Gasteiger partial charge on any atom is -0.248 e. The van der Waals surface area contributed by atoms with E-state index in [0.29, 0.717) is 0 Å². The summed E-state index contributed by atoms with van der Waals surface area (Å²) in [6, 6.07) is 21.2. The minimum atomic E-state index is 0.978. The van der Waals surface area contributed by atoms with Gasteiger partial charge < -0.3 is 0 Å². The number of benzene rings is 3. The van der Waals surface area contributed by atoms with E-state index in [4.69, 9.17) is 4.98 Å². The van der Waals surface area contributed by atoms with Gasteiger partial charge in [0.25, 0.3) is 0 Å². The summed E-state index contributed by atoms with van der Waals surface area (Å²) >= 11 is 0. The van der Waals surface area contributed by atoms with Crippen molar-refractivity contribution in [1.29, 1.82) is 0 Å². The van der Waals surface area contributed by atoms with Crippen molar-refractivity contribution >= 4 is 33.3 Å². The molecular weight excluding hydrogens is 362 g/mol. The van der Waals surface area contributed by atoms with Crippen LogP contribution in [0, 0.1) is 6.92 Å². The Balaban J connectivity index is 0.000000757. The average Bonchev–Trinajstić information content (AvgIpc) is 2.80. The molecule has 1 nitrogen and oxygen atoms in total. The Labute approximate surface area is 181 Å². The van der Waals surface area contributed by atoms with Crippen molar-refractivity contribution in [2.75, 3.05) is 0 Å². The van der Waals surface area contributed by atoms with Gasteiger partial charge in [0.05, 0.1) is 11.2 Å². The monoisotopic (exact) mass is 395 g/mol.